The average molecular weight is 321 g/mol. The zero-order chi connectivity index (χ0) is 17.3. The predicted octanol–water partition coefficient (Wildman–Crippen LogP) is 2.88. The standard InChI is InChI=1S/C17H23NO5/c1-16(2,3)23-15(21)18-12(11-8-6-5-7-9-11)10-13-17(4,22-13)14(19)20/h5-9,12-13H,10H2,1-4H3,(H,18,21)(H,19,20)/t12-,13?,17?/m0/s1. The SMILES string of the molecule is CC(C)(C)OC(=O)N[C@@H](CC1OC1(C)C(=O)O)c1ccccc1. The van der Waals surface area contributed by atoms with Gasteiger partial charge in [0.25, 0.3) is 0 Å². The lowest BCUT2D eigenvalue weighted by atomic mass is 9.97. The van der Waals surface area contributed by atoms with Crippen molar-refractivity contribution in [2.45, 2.75) is 57.5 Å². The van der Waals surface area contributed by atoms with Crippen LogP contribution in [0.1, 0.15) is 45.7 Å². The molecule has 0 spiro atoms. The van der Waals surface area contributed by atoms with Crippen molar-refractivity contribution in [3.8, 4) is 0 Å². The van der Waals surface area contributed by atoms with Gasteiger partial charge in [0.1, 0.15) is 11.7 Å². The predicted molar refractivity (Wildman–Crippen MR) is 84.1 cm³/mol. The number of hydrogen-bond acceptors (Lipinski definition) is 4. The first-order valence-electron chi connectivity index (χ1n) is 7.57. The summed E-state index contributed by atoms with van der Waals surface area (Å²) in [7, 11) is 0. The van der Waals surface area contributed by atoms with E-state index in [4.69, 9.17) is 14.6 Å². The molecule has 126 valence electrons. The molecule has 2 unspecified atom stereocenters. The molecule has 0 aliphatic carbocycles. The smallest absolute Gasteiger partial charge is 0.408 e. The molecule has 1 saturated heterocycles. The number of rotatable bonds is 5. The summed E-state index contributed by atoms with van der Waals surface area (Å²) in [5.74, 6) is -0.994. The molecule has 1 aliphatic heterocycles. The molecule has 23 heavy (non-hydrogen) atoms. The number of amides is 1. The Hall–Kier alpha value is -2.08. The summed E-state index contributed by atoms with van der Waals surface area (Å²) in [5.41, 5.74) is -0.902. The Balaban J connectivity index is 2.08. The van der Waals surface area contributed by atoms with Crippen LogP contribution in [0, 0.1) is 0 Å². The van der Waals surface area contributed by atoms with Gasteiger partial charge in [-0.3, -0.25) is 0 Å². The minimum absolute atomic E-state index is 0.367. The molecule has 1 amide bonds. The third kappa shape index (κ3) is 4.45. The van der Waals surface area contributed by atoms with Gasteiger partial charge >= 0.3 is 12.1 Å². The molecular weight excluding hydrogens is 298 g/mol. The quantitative estimate of drug-likeness (QED) is 0.814. The molecule has 2 rings (SSSR count). The van der Waals surface area contributed by atoms with Crippen LogP contribution in [0.3, 0.4) is 0 Å². The van der Waals surface area contributed by atoms with Gasteiger partial charge in [-0.05, 0) is 33.3 Å². The third-order valence-electron chi connectivity index (χ3n) is 3.71. The number of benzene rings is 1. The van der Waals surface area contributed by atoms with Crippen LogP contribution >= 0.6 is 0 Å². The highest BCUT2D eigenvalue weighted by molar-refractivity contribution is 5.80. The third-order valence-corrected chi connectivity index (χ3v) is 3.71. The topological polar surface area (TPSA) is 88.2 Å². The number of carboxylic acids is 1. The van der Waals surface area contributed by atoms with E-state index in [-0.39, 0.29) is 6.04 Å². The van der Waals surface area contributed by atoms with Crippen molar-refractivity contribution in [1.29, 1.82) is 0 Å². The van der Waals surface area contributed by atoms with Crippen LogP contribution < -0.4 is 5.32 Å². The van der Waals surface area contributed by atoms with Crippen LogP contribution in [0.2, 0.25) is 0 Å². The summed E-state index contributed by atoms with van der Waals surface area (Å²) in [6.07, 6.45) is -0.615. The van der Waals surface area contributed by atoms with Gasteiger partial charge in [-0.2, -0.15) is 0 Å². The van der Waals surface area contributed by atoms with Crippen LogP contribution in [-0.4, -0.2) is 34.5 Å². The Morgan fingerprint density at radius 2 is 1.96 bits per heavy atom. The summed E-state index contributed by atoms with van der Waals surface area (Å²) >= 11 is 0. The van der Waals surface area contributed by atoms with Crippen LogP contribution in [0.15, 0.2) is 30.3 Å². The van der Waals surface area contributed by atoms with E-state index in [2.05, 4.69) is 5.32 Å². The Labute approximate surface area is 135 Å². The zero-order valence-corrected chi connectivity index (χ0v) is 13.8. The highest BCUT2D eigenvalue weighted by Gasteiger charge is 2.59. The molecule has 0 saturated carbocycles. The van der Waals surface area contributed by atoms with Gasteiger partial charge in [0.05, 0.1) is 6.04 Å². The van der Waals surface area contributed by atoms with Crippen molar-refractivity contribution in [3.05, 3.63) is 35.9 Å². The minimum Gasteiger partial charge on any atom is -0.479 e. The lowest BCUT2D eigenvalue weighted by Crippen LogP contribution is -2.36. The molecule has 3 atom stereocenters. The maximum Gasteiger partial charge on any atom is 0.408 e. The second kappa shape index (κ2) is 6.20. The fourth-order valence-electron chi connectivity index (χ4n) is 2.35. The number of alkyl carbamates (subject to hydrolysis) is 1. The lowest BCUT2D eigenvalue weighted by Gasteiger charge is -2.23. The van der Waals surface area contributed by atoms with Gasteiger partial charge in [0.15, 0.2) is 5.60 Å². The van der Waals surface area contributed by atoms with E-state index in [0.717, 1.165) is 5.56 Å². The molecule has 0 radical (unpaired) electrons. The molecule has 0 bridgehead atoms. The Morgan fingerprint density at radius 1 is 1.35 bits per heavy atom. The summed E-state index contributed by atoms with van der Waals surface area (Å²) in [5, 5.41) is 12.0. The van der Waals surface area contributed by atoms with Gasteiger partial charge in [0.2, 0.25) is 0 Å². The number of ether oxygens (including phenoxy) is 2. The minimum atomic E-state index is -1.18. The number of aliphatic carboxylic acids is 1. The molecule has 1 fully saturated rings. The van der Waals surface area contributed by atoms with Crippen LogP contribution in [0.25, 0.3) is 0 Å². The van der Waals surface area contributed by atoms with Crippen molar-refractivity contribution < 1.29 is 24.2 Å². The first-order chi connectivity index (χ1) is 10.6. The second-order valence-corrected chi connectivity index (χ2v) is 6.86. The summed E-state index contributed by atoms with van der Waals surface area (Å²) < 4.78 is 10.6. The number of carbonyl (C=O) groups excluding carboxylic acids is 1. The fourth-order valence-corrected chi connectivity index (χ4v) is 2.35. The number of carbonyl (C=O) groups is 2. The van der Waals surface area contributed by atoms with Gasteiger partial charge in [-0.15, -0.1) is 0 Å². The van der Waals surface area contributed by atoms with Crippen molar-refractivity contribution in [1.82, 2.24) is 5.32 Å². The molecular formula is C17H23NO5. The lowest BCUT2D eigenvalue weighted by molar-refractivity contribution is -0.142. The normalized spacial score (nSPS) is 24.6. The fraction of sp³-hybridized carbons (Fsp3) is 0.529. The zero-order valence-electron chi connectivity index (χ0n) is 13.8. The van der Waals surface area contributed by atoms with Gasteiger partial charge in [-0.1, -0.05) is 30.3 Å². The molecule has 1 aliphatic rings. The van der Waals surface area contributed by atoms with Crippen molar-refractivity contribution in [2.24, 2.45) is 0 Å². The first kappa shape index (κ1) is 17.3. The Kier molecular flexibility index (Phi) is 4.66. The highest BCUT2D eigenvalue weighted by Crippen LogP contribution is 2.41. The van der Waals surface area contributed by atoms with Crippen LogP contribution in [-0.2, 0) is 14.3 Å². The number of nitrogens with one attached hydrogen (secondary N) is 1. The van der Waals surface area contributed by atoms with Crippen molar-refractivity contribution >= 4 is 12.1 Å². The highest BCUT2D eigenvalue weighted by atomic mass is 16.6. The van der Waals surface area contributed by atoms with E-state index in [0.29, 0.717) is 6.42 Å². The average Bonchev–Trinajstić information content (AvgIpc) is 3.09. The van der Waals surface area contributed by atoms with Crippen molar-refractivity contribution in [2.75, 3.05) is 0 Å². The maximum atomic E-state index is 12.0. The molecule has 1 aromatic carbocycles. The number of carboxylic acid groups (broad SMARTS) is 1. The van der Waals surface area contributed by atoms with Crippen molar-refractivity contribution in [3.63, 3.8) is 0 Å². The molecule has 1 aromatic rings. The van der Waals surface area contributed by atoms with E-state index < -0.39 is 29.4 Å². The van der Waals surface area contributed by atoms with E-state index >= 15 is 0 Å². The molecule has 2 N–H and O–H groups in total. The Bertz CT molecular complexity index is 580. The van der Waals surface area contributed by atoms with E-state index in [1.165, 1.54) is 6.92 Å². The molecule has 1 heterocycles. The summed E-state index contributed by atoms with van der Waals surface area (Å²) in [6, 6.07) is 8.98. The Morgan fingerprint density at radius 3 is 2.43 bits per heavy atom. The van der Waals surface area contributed by atoms with Crippen LogP contribution in [0.5, 0.6) is 0 Å². The second-order valence-electron chi connectivity index (χ2n) is 6.86. The number of hydrogen-bond donors (Lipinski definition) is 2. The van der Waals surface area contributed by atoms with Gasteiger partial charge in [0, 0.05) is 6.42 Å². The summed E-state index contributed by atoms with van der Waals surface area (Å²) in [4.78, 5) is 23.2. The molecule has 6 nitrogen and oxygen atoms in total. The molecule has 6 heteroatoms. The van der Waals surface area contributed by atoms with E-state index in [1.54, 1.807) is 20.8 Å². The van der Waals surface area contributed by atoms with Gasteiger partial charge < -0.3 is 19.9 Å². The van der Waals surface area contributed by atoms with E-state index in [9.17, 15) is 9.59 Å². The van der Waals surface area contributed by atoms with E-state index in [1.807, 2.05) is 30.3 Å². The monoisotopic (exact) mass is 321 g/mol. The first-order valence-corrected chi connectivity index (χ1v) is 7.57. The largest absolute Gasteiger partial charge is 0.479 e. The molecule has 0 aromatic heterocycles. The number of epoxide rings is 1. The van der Waals surface area contributed by atoms with Crippen LogP contribution in [0.4, 0.5) is 4.79 Å². The van der Waals surface area contributed by atoms with Gasteiger partial charge in [-0.25, -0.2) is 9.59 Å². The maximum absolute atomic E-state index is 12.0. The summed E-state index contributed by atoms with van der Waals surface area (Å²) in [6.45, 7) is 6.90.